The quantitative estimate of drug-likeness (QED) is 0.0503. The van der Waals surface area contributed by atoms with Crippen LogP contribution in [-0.4, -0.2) is 95.5 Å². The minimum absolute atomic E-state index is 0.0385. The molecule has 2 saturated heterocycles. The second-order valence-corrected chi connectivity index (χ2v) is 14.6. The zero-order valence-electron chi connectivity index (χ0n) is 32.5. The number of methoxy groups -OCH3 is 3. The molecule has 2 aliphatic rings. The van der Waals surface area contributed by atoms with Crippen molar-refractivity contribution < 1.29 is 47.8 Å². The van der Waals surface area contributed by atoms with Gasteiger partial charge in [-0.1, -0.05) is 110 Å². The van der Waals surface area contributed by atoms with Crippen LogP contribution in [0.5, 0.6) is 0 Å². The summed E-state index contributed by atoms with van der Waals surface area (Å²) in [6.45, 7) is 3.10. The van der Waals surface area contributed by atoms with E-state index in [0.717, 1.165) is 64.2 Å². The molecular formula is C40H76O10. The summed E-state index contributed by atoms with van der Waals surface area (Å²) in [4.78, 5) is 10.9. The summed E-state index contributed by atoms with van der Waals surface area (Å²) < 4.78 is 46.8. The third-order valence-corrected chi connectivity index (χ3v) is 10.4. The second kappa shape index (κ2) is 30.6. The molecule has 0 bridgehead atoms. The topological polar surface area (TPSA) is 111 Å². The molecule has 0 amide bonds. The van der Waals surface area contributed by atoms with Gasteiger partial charge in [0.2, 0.25) is 0 Å². The maximum atomic E-state index is 10.9. The zero-order valence-corrected chi connectivity index (χ0v) is 32.5. The lowest BCUT2D eigenvalue weighted by Crippen LogP contribution is -2.35. The Morgan fingerprint density at radius 1 is 0.560 bits per heavy atom. The lowest BCUT2D eigenvalue weighted by Gasteiger charge is -2.27. The molecular weight excluding hydrogens is 640 g/mol. The van der Waals surface area contributed by atoms with E-state index in [4.69, 9.17) is 43.0 Å². The number of carboxylic acid groups (broad SMARTS) is 1. The molecule has 0 unspecified atom stereocenters. The SMILES string of the molecule is CCCCCCCCCC[C@H](OCOC)[C@H]1CC[C@H]([C@H]2CC[C@H]([C@@H](CCCCCCCCCC[C@H](CCC(=O)O)OCOC)OCOC)O2)O1. The Bertz CT molecular complexity index is 785. The molecule has 10 nitrogen and oxygen atoms in total. The van der Waals surface area contributed by atoms with Gasteiger partial charge in [0.1, 0.15) is 20.4 Å². The zero-order chi connectivity index (χ0) is 36.1. The van der Waals surface area contributed by atoms with E-state index in [1.165, 1.54) is 83.5 Å². The van der Waals surface area contributed by atoms with E-state index in [1.54, 1.807) is 21.3 Å². The molecule has 0 aromatic heterocycles. The molecule has 0 spiro atoms. The molecule has 0 saturated carbocycles. The predicted molar refractivity (Wildman–Crippen MR) is 196 cm³/mol. The third kappa shape index (κ3) is 21.0. The Balaban J connectivity index is 1.64. The summed E-state index contributed by atoms with van der Waals surface area (Å²) in [7, 11) is 4.96. The molecule has 2 rings (SSSR count). The van der Waals surface area contributed by atoms with Gasteiger partial charge in [-0.25, -0.2) is 0 Å². The van der Waals surface area contributed by atoms with Gasteiger partial charge in [0.25, 0.3) is 0 Å². The van der Waals surface area contributed by atoms with Gasteiger partial charge in [-0.15, -0.1) is 0 Å². The monoisotopic (exact) mass is 717 g/mol. The highest BCUT2D eigenvalue weighted by Gasteiger charge is 2.41. The van der Waals surface area contributed by atoms with Gasteiger partial charge in [-0.2, -0.15) is 0 Å². The number of aliphatic carboxylic acids is 1. The summed E-state index contributed by atoms with van der Waals surface area (Å²) in [5, 5.41) is 8.97. The first-order valence-corrected chi connectivity index (χ1v) is 20.4. The molecule has 2 heterocycles. The van der Waals surface area contributed by atoms with Crippen molar-refractivity contribution in [3.63, 3.8) is 0 Å². The molecule has 296 valence electrons. The summed E-state index contributed by atoms with van der Waals surface area (Å²) in [5.74, 6) is -0.776. The fraction of sp³-hybridized carbons (Fsp3) is 0.975. The molecule has 50 heavy (non-hydrogen) atoms. The number of unbranched alkanes of at least 4 members (excludes halogenated alkanes) is 14. The maximum Gasteiger partial charge on any atom is 0.303 e. The van der Waals surface area contributed by atoms with Crippen molar-refractivity contribution in [1.82, 2.24) is 0 Å². The van der Waals surface area contributed by atoms with Crippen LogP contribution in [0, 0.1) is 0 Å². The normalized spacial score (nSPS) is 22.6. The average molecular weight is 717 g/mol. The van der Waals surface area contributed by atoms with E-state index in [0.29, 0.717) is 20.0 Å². The van der Waals surface area contributed by atoms with E-state index < -0.39 is 5.97 Å². The van der Waals surface area contributed by atoms with Gasteiger partial charge >= 0.3 is 5.97 Å². The van der Waals surface area contributed by atoms with Crippen molar-refractivity contribution in [2.45, 2.75) is 210 Å². The van der Waals surface area contributed by atoms with Gasteiger partial charge in [0, 0.05) is 27.8 Å². The van der Waals surface area contributed by atoms with E-state index in [1.807, 2.05) is 0 Å². The Morgan fingerprint density at radius 3 is 1.38 bits per heavy atom. The Morgan fingerprint density at radius 2 is 0.960 bits per heavy atom. The van der Waals surface area contributed by atoms with Crippen LogP contribution < -0.4 is 0 Å². The fourth-order valence-corrected chi connectivity index (χ4v) is 7.55. The summed E-state index contributed by atoms with van der Waals surface area (Å²) in [6, 6.07) is 0. The van der Waals surface area contributed by atoms with Crippen molar-refractivity contribution in [3.05, 3.63) is 0 Å². The Hall–Kier alpha value is -0.850. The van der Waals surface area contributed by atoms with Gasteiger partial charge in [-0.3, -0.25) is 4.79 Å². The summed E-state index contributed by atoms with van der Waals surface area (Å²) in [6.07, 6.45) is 28.1. The maximum absolute atomic E-state index is 10.9. The van der Waals surface area contributed by atoms with Crippen LogP contribution in [0.3, 0.4) is 0 Å². The molecule has 7 atom stereocenters. The molecule has 10 heteroatoms. The smallest absolute Gasteiger partial charge is 0.303 e. The molecule has 0 aromatic carbocycles. The Labute approximate surface area is 305 Å². The first-order chi connectivity index (χ1) is 24.5. The van der Waals surface area contributed by atoms with Crippen LogP contribution in [0.1, 0.15) is 167 Å². The van der Waals surface area contributed by atoms with Gasteiger partial charge in [0.15, 0.2) is 0 Å². The lowest BCUT2D eigenvalue weighted by molar-refractivity contribution is -0.158. The van der Waals surface area contributed by atoms with E-state index >= 15 is 0 Å². The lowest BCUT2D eigenvalue weighted by atomic mass is 10.00. The highest BCUT2D eigenvalue weighted by atomic mass is 16.7. The van der Waals surface area contributed by atoms with Crippen LogP contribution in [0.2, 0.25) is 0 Å². The first kappa shape index (κ1) is 45.3. The highest BCUT2D eigenvalue weighted by molar-refractivity contribution is 5.66. The van der Waals surface area contributed by atoms with Crippen LogP contribution in [0.25, 0.3) is 0 Å². The fourth-order valence-electron chi connectivity index (χ4n) is 7.55. The molecule has 0 aromatic rings. The van der Waals surface area contributed by atoms with Gasteiger partial charge < -0.3 is 43.0 Å². The van der Waals surface area contributed by atoms with E-state index in [9.17, 15) is 4.79 Å². The molecule has 1 N–H and O–H groups in total. The number of carbonyl (C=O) groups is 1. The van der Waals surface area contributed by atoms with Crippen molar-refractivity contribution in [2.75, 3.05) is 41.7 Å². The Kier molecular flexibility index (Phi) is 27.7. The number of hydrogen-bond acceptors (Lipinski definition) is 9. The number of carboxylic acids is 1. The van der Waals surface area contributed by atoms with Crippen LogP contribution in [0.4, 0.5) is 0 Å². The van der Waals surface area contributed by atoms with Crippen molar-refractivity contribution in [3.8, 4) is 0 Å². The standard InChI is InChI=1S/C40H76O10/c1-5-6-7-8-9-13-16-19-22-34(47-31-44-3)36-25-27-38(49-36)39-28-26-37(50-39)35(48-32-45-4)23-20-17-14-11-10-12-15-18-21-33(46-30-43-2)24-29-40(41)42/h33-39H,5-32H2,1-4H3,(H,41,42)/t33-,34+,35-,36-,37-,38-,39-/m1/s1. The number of ether oxygens (including phenoxy) is 8. The average Bonchev–Trinajstić information content (AvgIpc) is 3.81. The molecule has 2 aliphatic heterocycles. The predicted octanol–water partition coefficient (Wildman–Crippen LogP) is 9.35. The second-order valence-electron chi connectivity index (χ2n) is 14.6. The third-order valence-electron chi connectivity index (χ3n) is 10.4. The van der Waals surface area contributed by atoms with Crippen LogP contribution >= 0.6 is 0 Å². The number of hydrogen-bond donors (Lipinski definition) is 1. The van der Waals surface area contributed by atoms with Crippen molar-refractivity contribution in [1.29, 1.82) is 0 Å². The van der Waals surface area contributed by atoms with Gasteiger partial charge in [0.05, 0.1) is 42.7 Å². The molecule has 0 aliphatic carbocycles. The van der Waals surface area contributed by atoms with Gasteiger partial charge in [-0.05, 0) is 51.4 Å². The van der Waals surface area contributed by atoms with Crippen LogP contribution in [-0.2, 0) is 42.7 Å². The minimum Gasteiger partial charge on any atom is -0.481 e. The number of rotatable bonds is 35. The van der Waals surface area contributed by atoms with Crippen molar-refractivity contribution >= 4 is 5.97 Å². The molecule has 2 fully saturated rings. The minimum atomic E-state index is -0.776. The molecule has 0 radical (unpaired) electrons. The van der Waals surface area contributed by atoms with Crippen LogP contribution in [0.15, 0.2) is 0 Å². The largest absolute Gasteiger partial charge is 0.481 e. The van der Waals surface area contributed by atoms with E-state index in [2.05, 4.69) is 6.92 Å². The van der Waals surface area contributed by atoms with Crippen molar-refractivity contribution in [2.24, 2.45) is 0 Å². The summed E-state index contributed by atoms with van der Waals surface area (Å²) >= 11 is 0. The van der Waals surface area contributed by atoms with E-state index in [-0.39, 0.29) is 55.9 Å². The summed E-state index contributed by atoms with van der Waals surface area (Å²) in [5.41, 5.74) is 0. The first-order valence-electron chi connectivity index (χ1n) is 20.4. The highest BCUT2D eigenvalue weighted by Crippen LogP contribution is 2.36.